The summed E-state index contributed by atoms with van der Waals surface area (Å²) in [6.45, 7) is 18.3. The van der Waals surface area contributed by atoms with Gasteiger partial charge in [-0.3, -0.25) is 9.69 Å². The number of carbonyl (C=O) groups excluding carboxylic acids is 1. The van der Waals surface area contributed by atoms with E-state index in [1.807, 2.05) is 0 Å². The van der Waals surface area contributed by atoms with Crippen molar-refractivity contribution in [3.8, 4) is 0 Å². The van der Waals surface area contributed by atoms with Crippen LogP contribution in [0.2, 0.25) is 0 Å². The van der Waals surface area contributed by atoms with Crippen molar-refractivity contribution in [3.05, 3.63) is 0 Å². The molecule has 1 amide bonds. The van der Waals surface area contributed by atoms with Crippen LogP contribution in [0.25, 0.3) is 0 Å². The normalized spacial score (nSPS) is 14.8. The molecule has 1 rings (SSSR count). The Bertz CT molecular complexity index is 548. The number of hydrogen-bond donors (Lipinski definition) is 1. The maximum Gasteiger partial charge on any atom is 0.239 e. The number of amides is 1. The van der Waals surface area contributed by atoms with Crippen LogP contribution in [0.4, 0.5) is 0 Å². The van der Waals surface area contributed by atoms with Crippen LogP contribution >= 0.6 is 0 Å². The Morgan fingerprint density at radius 3 is 1.39 bits per heavy atom. The van der Waals surface area contributed by atoms with Crippen molar-refractivity contribution in [2.75, 3.05) is 58.9 Å². The Labute approximate surface area is 257 Å². The van der Waals surface area contributed by atoms with Crippen LogP contribution in [0.15, 0.2) is 0 Å². The molecule has 41 heavy (non-hydrogen) atoms. The molecule has 1 atom stereocenters. The van der Waals surface area contributed by atoms with Gasteiger partial charge >= 0.3 is 0 Å². The van der Waals surface area contributed by atoms with Gasteiger partial charge < -0.3 is 15.1 Å². The fourth-order valence-corrected chi connectivity index (χ4v) is 6.27. The van der Waals surface area contributed by atoms with Crippen LogP contribution in [-0.2, 0) is 4.79 Å². The van der Waals surface area contributed by atoms with E-state index in [1.165, 1.54) is 148 Å². The average molecular weight is 579 g/mol. The number of carbonyl (C=O) groups is 1. The van der Waals surface area contributed by atoms with Gasteiger partial charge in [0.2, 0.25) is 5.91 Å². The molecular formula is C36H74N4O. The van der Waals surface area contributed by atoms with Gasteiger partial charge in [-0.1, -0.05) is 136 Å². The van der Waals surface area contributed by atoms with E-state index < -0.39 is 0 Å². The summed E-state index contributed by atoms with van der Waals surface area (Å²) in [5, 5.41) is 3.40. The van der Waals surface area contributed by atoms with Crippen molar-refractivity contribution in [2.24, 2.45) is 0 Å². The molecule has 0 unspecified atom stereocenters. The van der Waals surface area contributed by atoms with Gasteiger partial charge in [0.15, 0.2) is 0 Å². The van der Waals surface area contributed by atoms with Crippen molar-refractivity contribution >= 4 is 5.91 Å². The fourth-order valence-electron chi connectivity index (χ4n) is 6.27. The van der Waals surface area contributed by atoms with Crippen LogP contribution in [0.5, 0.6) is 0 Å². The molecule has 0 aromatic rings. The second-order valence-corrected chi connectivity index (χ2v) is 13.0. The van der Waals surface area contributed by atoms with Crippen molar-refractivity contribution in [3.63, 3.8) is 0 Å². The predicted octanol–water partition coefficient (Wildman–Crippen LogP) is 8.66. The Hall–Kier alpha value is -0.650. The highest BCUT2D eigenvalue weighted by molar-refractivity contribution is 5.81. The van der Waals surface area contributed by atoms with E-state index in [-0.39, 0.29) is 6.04 Å². The summed E-state index contributed by atoms with van der Waals surface area (Å²) in [7, 11) is 0. The fraction of sp³-hybridized carbons (Fsp3) is 0.972. The monoisotopic (exact) mass is 579 g/mol. The molecule has 0 saturated carbocycles. The molecule has 5 nitrogen and oxygen atoms in total. The first-order valence-electron chi connectivity index (χ1n) is 18.6. The lowest BCUT2D eigenvalue weighted by Crippen LogP contribution is -2.54. The molecule has 0 aromatic heterocycles. The van der Waals surface area contributed by atoms with Crippen molar-refractivity contribution in [1.29, 1.82) is 0 Å². The number of nitrogens with one attached hydrogen (secondary N) is 1. The summed E-state index contributed by atoms with van der Waals surface area (Å²) in [6, 6.07) is -0.00725. The highest BCUT2D eigenvalue weighted by atomic mass is 16.2. The molecule has 0 radical (unpaired) electrons. The molecule has 0 bridgehead atoms. The van der Waals surface area contributed by atoms with Crippen LogP contribution < -0.4 is 5.32 Å². The zero-order valence-electron chi connectivity index (χ0n) is 28.5. The maximum atomic E-state index is 13.5. The molecule has 1 heterocycles. The summed E-state index contributed by atoms with van der Waals surface area (Å²) in [6.07, 6.45) is 28.6. The lowest BCUT2D eigenvalue weighted by Gasteiger charge is -2.36. The molecule has 0 aliphatic carbocycles. The third-order valence-electron chi connectivity index (χ3n) is 9.24. The third-order valence-corrected chi connectivity index (χ3v) is 9.24. The standard InChI is InChI=1S/C36H74N4O/c1-5-8-11-14-17-20-23-28-38(29-24-21-18-15-12-9-6-2)33-34-39(30-25-22-19-16-13-10-7-3)35(4)36(41)40-31-26-37-27-32-40/h35,37H,5-34H2,1-4H3/t35-/m0/s1. The summed E-state index contributed by atoms with van der Waals surface area (Å²) in [5.74, 6) is 0.347. The zero-order chi connectivity index (χ0) is 29.8. The van der Waals surface area contributed by atoms with E-state index in [1.54, 1.807) is 0 Å². The van der Waals surface area contributed by atoms with Crippen LogP contribution in [-0.4, -0.2) is 85.6 Å². The van der Waals surface area contributed by atoms with Crippen LogP contribution in [0, 0.1) is 0 Å². The van der Waals surface area contributed by atoms with E-state index >= 15 is 0 Å². The van der Waals surface area contributed by atoms with E-state index in [4.69, 9.17) is 0 Å². The van der Waals surface area contributed by atoms with Gasteiger partial charge in [0, 0.05) is 39.3 Å². The Morgan fingerprint density at radius 2 is 0.951 bits per heavy atom. The average Bonchev–Trinajstić information content (AvgIpc) is 3.00. The Balaban J connectivity index is 2.63. The number of piperazine rings is 1. The molecule has 244 valence electrons. The van der Waals surface area contributed by atoms with Crippen LogP contribution in [0.1, 0.15) is 163 Å². The molecule has 1 N–H and O–H groups in total. The van der Waals surface area contributed by atoms with Gasteiger partial charge in [-0.25, -0.2) is 0 Å². The summed E-state index contributed by atoms with van der Waals surface area (Å²) in [5.41, 5.74) is 0. The minimum absolute atomic E-state index is 0.00725. The first kappa shape index (κ1) is 38.4. The number of rotatable bonds is 29. The largest absolute Gasteiger partial charge is 0.339 e. The molecule has 1 saturated heterocycles. The van der Waals surface area contributed by atoms with Crippen molar-refractivity contribution < 1.29 is 4.79 Å². The van der Waals surface area contributed by atoms with Gasteiger partial charge in [0.1, 0.15) is 0 Å². The molecule has 1 fully saturated rings. The zero-order valence-corrected chi connectivity index (χ0v) is 28.5. The topological polar surface area (TPSA) is 38.8 Å². The first-order valence-corrected chi connectivity index (χ1v) is 18.6. The maximum absolute atomic E-state index is 13.5. The second-order valence-electron chi connectivity index (χ2n) is 13.0. The molecule has 5 heteroatoms. The summed E-state index contributed by atoms with van der Waals surface area (Å²) >= 11 is 0. The SMILES string of the molecule is CCCCCCCCCN(CCCCCCCCC)CCN(CCCCCCCCC)[C@@H](C)C(=O)N1CCNCC1. The summed E-state index contributed by atoms with van der Waals surface area (Å²) < 4.78 is 0. The minimum atomic E-state index is -0.00725. The second kappa shape index (κ2) is 28.1. The van der Waals surface area contributed by atoms with Gasteiger partial charge in [-0.15, -0.1) is 0 Å². The number of hydrogen-bond acceptors (Lipinski definition) is 4. The van der Waals surface area contributed by atoms with Gasteiger partial charge in [-0.05, 0) is 45.8 Å². The lowest BCUT2D eigenvalue weighted by atomic mass is 10.1. The van der Waals surface area contributed by atoms with Crippen LogP contribution in [0.3, 0.4) is 0 Å². The number of nitrogens with zero attached hydrogens (tertiary/aromatic N) is 3. The van der Waals surface area contributed by atoms with E-state index in [0.717, 1.165) is 45.8 Å². The molecule has 1 aliphatic heterocycles. The van der Waals surface area contributed by atoms with Crippen molar-refractivity contribution in [1.82, 2.24) is 20.0 Å². The molecule has 1 aliphatic rings. The summed E-state index contributed by atoms with van der Waals surface area (Å²) in [4.78, 5) is 20.9. The smallest absolute Gasteiger partial charge is 0.239 e. The van der Waals surface area contributed by atoms with E-state index in [0.29, 0.717) is 5.91 Å². The predicted molar refractivity (Wildman–Crippen MR) is 181 cm³/mol. The first-order chi connectivity index (χ1) is 20.1. The number of unbranched alkanes of at least 4 members (excludes halogenated alkanes) is 18. The molecular weight excluding hydrogens is 504 g/mol. The van der Waals surface area contributed by atoms with Gasteiger partial charge in [0.05, 0.1) is 6.04 Å². The highest BCUT2D eigenvalue weighted by Crippen LogP contribution is 2.14. The van der Waals surface area contributed by atoms with Gasteiger partial charge in [-0.2, -0.15) is 0 Å². The van der Waals surface area contributed by atoms with E-state index in [2.05, 4.69) is 47.7 Å². The minimum Gasteiger partial charge on any atom is -0.339 e. The Kier molecular flexibility index (Phi) is 26.3. The highest BCUT2D eigenvalue weighted by Gasteiger charge is 2.27. The molecule has 0 aromatic carbocycles. The third kappa shape index (κ3) is 20.8. The van der Waals surface area contributed by atoms with Crippen molar-refractivity contribution in [2.45, 2.75) is 169 Å². The lowest BCUT2D eigenvalue weighted by molar-refractivity contribution is -0.137. The van der Waals surface area contributed by atoms with Gasteiger partial charge in [0.25, 0.3) is 0 Å². The van der Waals surface area contributed by atoms with E-state index in [9.17, 15) is 4.79 Å². The molecule has 0 spiro atoms. The quantitative estimate of drug-likeness (QED) is 0.0902. The Morgan fingerprint density at radius 1 is 0.561 bits per heavy atom.